The summed E-state index contributed by atoms with van der Waals surface area (Å²) >= 11 is 0. The number of hydrogen-bond acceptors (Lipinski definition) is 5. The Balaban J connectivity index is 0.00000115. The van der Waals surface area contributed by atoms with Crippen molar-refractivity contribution in [3.63, 3.8) is 0 Å². The molecule has 186 valence electrons. The summed E-state index contributed by atoms with van der Waals surface area (Å²) in [5, 5.41) is 2.44. The van der Waals surface area contributed by atoms with Gasteiger partial charge in [-0.15, -0.1) is 0 Å². The lowest BCUT2D eigenvalue weighted by atomic mass is 9.92. The lowest BCUT2D eigenvalue weighted by molar-refractivity contribution is -0.110. The summed E-state index contributed by atoms with van der Waals surface area (Å²) in [6, 6.07) is 17.6. The predicted molar refractivity (Wildman–Crippen MR) is 140 cm³/mol. The monoisotopic (exact) mass is 487 g/mol. The lowest BCUT2D eigenvalue weighted by Crippen LogP contribution is -2.35. The van der Waals surface area contributed by atoms with Crippen LogP contribution in [0.15, 0.2) is 88.3 Å². The van der Waals surface area contributed by atoms with Crippen LogP contribution >= 0.6 is 0 Å². The van der Waals surface area contributed by atoms with E-state index in [1.54, 1.807) is 44.6 Å². The summed E-state index contributed by atoms with van der Waals surface area (Å²) in [6.45, 7) is 0.338. The van der Waals surface area contributed by atoms with Crippen molar-refractivity contribution >= 4 is 23.3 Å². The molecule has 0 unspecified atom stereocenters. The first-order valence-electron chi connectivity index (χ1n) is 11.4. The van der Waals surface area contributed by atoms with E-state index in [4.69, 9.17) is 5.73 Å². The molecular formula is C27H29N5O4. The molecule has 1 saturated carbocycles. The molecule has 0 spiro atoms. The molecule has 1 aromatic heterocycles. The molecule has 2 amide bonds. The van der Waals surface area contributed by atoms with Gasteiger partial charge in [0.2, 0.25) is 0 Å². The molecule has 9 nitrogen and oxygen atoms in total. The van der Waals surface area contributed by atoms with E-state index in [0.29, 0.717) is 17.9 Å². The van der Waals surface area contributed by atoms with E-state index in [1.807, 2.05) is 36.4 Å². The maximum Gasteiger partial charge on any atom is 0.291 e. The lowest BCUT2D eigenvalue weighted by Gasteiger charge is -2.18. The molecule has 1 fully saturated rings. The van der Waals surface area contributed by atoms with Crippen LogP contribution < -0.4 is 16.6 Å². The molecule has 3 N–H and O–H groups in total. The average molecular weight is 488 g/mol. The van der Waals surface area contributed by atoms with Gasteiger partial charge in [-0.1, -0.05) is 60.2 Å². The van der Waals surface area contributed by atoms with Crippen LogP contribution in [0.1, 0.15) is 29.6 Å². The van der Waals surface area contributed by atoms with Crippen LogP contribution in [0.2, 0.25) is 0 Å². The Kier molecular flexibility index (Phi) is 9.41. The van der Waals surface area contributed by atoms with E-state index < -0.39 is 23.2 Å². The molecule has 3 aromatic rings. The largest absolute Gasteiger partial charge is 0.388 e. The van der Waals surface area contributed by atoms with Crippen molar-refractivity contribution in [1.82, 2.24) is 9.55 Å². The molecule has 1 heterocycles. The average Bonchev–Trinajstić information content (AvgIpc) is 2.86. The Hall–Kier alpha value is -4.37. The van der Waals surface area contributed by atoms with Gasteiger partial charge in [0.1, 0.15) is 11.5 Å². The Morgan fingerprint density at radius 2 is 1.69 bits per heavy atom. The minimum absolute atomic E-state index is 0.0444. The smallest absolute Gasteiger partial charge is 0.291 e. The van der Waals surface area contributed by atoms with Gasteiger partial charge in [-0.3, -0.25) is 19.0 Å². The van der Waals surface area contributed by atoms with E-state index in [-0.39, 0.29) is 5.69 Å². The molecule has 2 aromatic carbocycles. The third-order valence-corrected chi connectivity index (χ3v) is 5.36. The first-order chi connectivity index (χ1) is 17.4. The molecule has 0 atom stereocenters. The van der Waals surface area contributed by atoms with Gasteiger partial charge in [-0.05, 0) is 31.4 Å². The van der Waals surface area contributed by atoms with Gasteiger partial charge in [0.05, 0.1) is 6.20 Å². The third-order valence-electron chi connectivity index (χ3n) is 5.36. The second-order valence-corrected chi connectivity index (χ2v) is 8.02. The topological polar surface area (TPSA) is 129 Å². The van der Waals surface area contributed by atoms with Crippen LogP contribution in [0.4, 0.5) is 5.69 Å². The Labute approximate surface area is 209 Å². The summed E-state index contributed by atoms with van der Waals surface area (Å²) < 4.78 is 5.76. The number of nitrogens with two attached hydrogens (primary N) is 1. The van der Waals surface area contributed by atoms with Crippen molar-refractivity contribution in [1.29, 1.82) is 0 Å². The normalized spacial score (nSPS) is 12.6. The van der Waals surface area contributed by atoms with Gasteiger partial charge in [0, 0.05) is 31.9 Å². The van der Waals surface area contributed by atoms with Gasteiger partial charge in [0.15, 0.2) is 5.84 Å². The van der Waals surface area contributed by atoms with Crippen LogP contribution in [0.25, 0.3) is 11.4 Å². The number of aromatic nitrogens is 2. The number of anilines is 1. The zero-order valence-electron chi connectivity index (χ0n) is 20.3. The van der Waals surface area contributed by atoms with Crippen molar-refractivity contribution in [3.05, 3.63) is 94.4 Å². The quantitative estimate of drug-likeness (QED) is 0.322. The highest BCUT2D eigenvalue weighted by Crippen LogP contribution is 2.25. The number of hydrogen-bond donors (Lipinski definition) is 2. The molecule has 0 bridgehead atoms. The number of rotatable bonds is 5. The number of nitrogens with zero attached hydrogens (tertiary/aromatic N) is 3. The summed E-state index contributed by atoms with van der Waals surface area (Å²) in [6.07, 6.45) is 6.53. The molecule has 9 heteroatoms. The molecule has 1 aliphatic carbocycles. The maximum absolute atomic E-state index is 13.2. The Bertz CT molecular complexity index is 1310. The number of amides is 2. The fourth-order valence-electron chi connectivity index (χ4n) is 3.36. The van der Waals surface area contributed by atoms with Gasteiger partial charge in [-0.2, -0.15) is 4.99 Å². The number of carbonyl (C=O) groups excluding carboxylic acids is 2. The molecule has 4 rings (SSSR count). The van der Waals surface area contributed by atoms with E-state index >= 15 is 0 Å². The molecule has 0 radical (unpaired) electrons. The standard InChI is InChI=1S/C25H23N5O3.C2H6O/c26-21(29-23(31)19-12-5-2-6-13-19)24(32)28-20-16-27-22(18-10-3-1-4-11-18)30(25(20)33)15-14-17-8-7-9-17;1-3-2/h1-6,10-14,16H,7-9,15H2,(H,28,32)(H2,26,29,31);1-2H3. The Morgan fingerprint density at radius 1 is 1.08 bits per heavy atom. The van der Waals surface area contributed by atoms with Gasteiger partial charge < -0.3 is 15.8 Å². The van der Waals surface area contributed by atoms with Crippen LogP contribution in [0.5, 0.6) is 0 Å². The highest BCUT2D eigenvalue weighted by molar-refractivity contribution is 6.43. The predicted octanol–water partition coefficient (Wildman–Crippen LogP) is 3.42. The molecule has 36 heavy (non-hydrogen) atoms. The van der Waals surface area contributed by atoms with Crippen LogP contribution in [-0.2, 0) is 16.1 Å². The first-order valence-corrected chi connectivity index (χ1v) is 11.4. The number of allylic oxidation sites excluding steroid dienone is 2. The van der Waals surface area contributed by atoms with E-state index in [9.17, 15) is 14.4 Å². The second kappa shape index (κ2) is 12.9. The maximum atomic E-state index is 13.2. The molecular weight excluding hydrogens is 458 g/mol. The number of nitrogens with one attached hydrogen (secondary N) is 1. The minimum Gasteiger partial charge on any atom is -0.388 e. The SMILES string of the molecule is COC.NC(=NC(=O)c1ccccc1)C(=O)Nc1cnc(-c2ccccc2)n(CC=C2CCC2)c1=O. The van der Waals surface area contributed by atoms with Crippen molar-refractivity contribution < 1.29 is 14.3 Å². The molecule has 1 aliphatic rings. The van der Waals surface area contributed by atoms with Crippen molar-refractivity contribution in [2.24, 2.45) is 10.7 Å². The van der Waals surface area contributed by atoms with E-state index in [0.717, 1.165) is 24.8 Å². The number of amidine groups is 1. The van der Waals surface area contributed by atoms with Crippen LogP contribution in [0.3, 0.4) is 0 Å². The fourth-order valence-corrected chi connectivity index (χ4v) is 3.36. The van der Waals surface area contributed by atoms with Gasteiger partial charge in [-0.25, -0.2) is 4.98 Å². The van der Waals surface area contributed by atoms with Crippen LogP contribution in [0, 0.1) is 0 Å². The number of aliphatic imine (C=N–C) groups is 1. The summed E-state index contributed by atoms with van der Waals surface area (Å²) in [5.41, 5.74) is 7.63. The van der Waals surface area contributed by atoms with Crippen molar-refractivity contribution in [3.8, 4) is 11.4 Å². The van der Waals surface area contributed by atoms with Crippen molar-refractivity contribution in [2.75, 3.05) is 19.5 Å². The van der Waals surface area contributed by atoms with Crippen molar-refractivity contribution in [2.45, 2.75) is 25.8 Å². The first kappa shape index (κ1) is 26.2. The van der Waals surface area contributed by atoms with Gasteiger partial charge in [0.25, 0.3) is 17.4 Å². The Morgan fingerprint density at radius 3 is 2.28 bits per heavy atom. The van der Waals surface area contributed by atoms with E-state index in [2.05, 4.69) is 20.0 Å². The number of carbonyl (C=O) groups is 2. The molecule has 0 saturated heterocycles. The minimum atomic E-state index is -0.852. The fraction of sp³-hybridized carbons (Fsp3) is 0.222. The highest BCUT2D eigenvalue weighted by atomic mass is 16.4. The molecule has 0 aliphatic heterocycles. The van der Waals surface area contributed by atoms with E-state index in [1.165, 1.54) is 16.3 Å². The summed E-state index contributed by atoms with van der Waals surface area (Å²) in [5.74, 6) is -1.55. The zero-order valence-corrected chi connectivity index (χ0v) is 20.3. The highest BCUT2D eigenvalue weighted by Gasteiger charge is 2.17. The second-order valence-electron chi connectivity index (χ2n) is 8.02. The number of methoxy groups -OCH3 is 1. The van der Waals surface area contributed by atoms with Gasteiger partial charge >= 0.3 is 0 Å². The number of benzene rings is 2. The zero-order chi connectivity index (χ0) is 25.9. The van der Waals surface area contributed by atoms with Crippen LogP contribution in [-0.4, -0.2) is 41.4 Å². The summed E-state index contributed by atoms with van der Waals surface area (Å²) in [4.78, 5) is 46.0. The third kappa shape index (κ3) is 6.83. The number of ether oxygens (including phenoxy) is 1. The summed E-state index contributed by atoms with van der Waals surface area (Å²) in [7, 11) is 3.25.